The Hall–Kier alpha value is -5.64. The Balaban J connectivity index is 0.805. The number of carbonyl (C=O) groups excluding carboxylic acids is 4. The zero-order chi connectivity index (χ0) is 51.2. The van der Waals surface area contributed by atoms with Gasteiger partial charge in [-0.1, -0.05) is 84.3 Å². The first-order chi connectivity index (χ1) is 33.6. The molecule has 1 aliphatic carbocycles. The van der Waals surface area contributed by atoms with Crippen molar-refractivity contribution < 1.29 is 33.8 Å². The third-order valence-electron chi connectivity index (χ3n) is 14.9. The van der Waals surface area contributed by atoms with Gasteiger partial charge in [0, 0.05) is 67.3 Å². The summed E-state index contributed by atoms with van der Waals surface area (Å²) in [6, 6.07) is 16.7. The van der Waals surface area contributed by atoms with Crippen molar-refractivity contribution >= 4 is 52.4 Å². The molecule has 71 heavy (non-hydrogen) atoms. The Morgan fingerprint density at radius 1 is 0.972 bits per heavy atom. The van der Waals surface area contributed by atoms with Crippen LogP contribution in [0.25, 0.3) is 10.4 Å². The number of nitrogens with zero attached hydrogens (tertiary/aromatic N) is 6. The summed E-state index contributed by atoms with van der Waals surface area (Å²) < 4.78 is 12.4. The molecular weight excluding hydrogens is 942 g/mol. The number of anilines is 1. The number of aryl methyl sites for hydroxylation is 1. The minimum absolute atomic E-state index is 0.0224. The number of likely N-dealkylation sites (tertiary alicyclic amines) is 1. The van der Waals surface area contributed by atoms with Crippen LogP contribution in [0.15, 0.2) is 66.3 Å². The van der Waals surface area contributed by atoms with E-state index in [-0.39, 0.29) is 68.4 Å². The number of pyridine rings is 1. The zero-order valence-corrected chi connectivity index (χ0v) is 43.6. The molecule has 5 heterocycles. The molecule has 0 spiro atoms. The van der Waals surface area contributed by atoms with Crippen molar-refractivity contribution in [2.24, 2.45) is 16.2 Å². The average molecular weight is 1010 g/mol. The van der Waals surface area contributed by atoms with Crippen LogP contribution in [-0.2, 0) is 19.1 Å². The number of aliphatic hydroxyl groups is 1. The maximum atomic E-state index is 14.2. The lowest BCUT2D eigenvalue weighted by Crippen LogP contribution is -2.74. The molecule has 3 unspecified atom stereocenters. The maximum Gasteiger partial charge on any atom is 0.253 e. The molecule has 18 heteroatoms. The molecule has 6 atom stereocenters. The van der Waals surface area contributed by atoms with Gasteiger partial charge < -0.3 is 40.3 Å². The van der Waals surface area contributed by atoms with Crippen LogP contribution in [0.1, 0.15) is 108 Å². The first-order valence-electron chi connectivity index (χ1n) is 24.4. The van der Waals surface area contributed by atoms with Crippen molar-refractivity contribution in [1.29, 1.82) is 5.26 Å². The second-order valence-corrected chi connectivity index (χ2v) is 23.1. The van der Waals surface area contributed by atoms with Gasteiger partial charge in [0.05, 0.1) is 44.4 Å². The quantitative estimate of drug-likeness (QED) is 0.0990. The predicted molar refractivity (Wildman–Crippen MR) is 272 cm³/mol. The summed E-state index contributed by atoms with van der Waals surface area (Å²) in [7, 11) is 0. The number of piperazine rings is 1. The van der Waals surface area contributed by atoms with Crippen LogP contribution in [0.5, 0.6) is 5.75 Å². The summed E-state index contributed by atoms with van der Waals surface area (Å²) in [5, 5.41) is 29.5. The van der Waals surface area contributed by atoms with E-state index in [1.165, 1.54) is 4.90 Å². The minimum Gasteiger partial charge on any atom is -0.489 e. The van der Waals surface area contributed by atoms with E-state index in [2.05, 4.69) is 64.5 Å². The summed E-state index contributed by atoms with van der Waals surface area (Å²) in [6.07, 6.45) is 2.52. The lowest BCUT2D eigenvalue weighted by atomic mass is 9.49. The van der Waals surface area contributed by atoms with E-state index in [9.17, 15) is 29.5 Å². The van der Waals surface area contributed by atoms with Crippen molar-refractivity contribution in [1.82, 2.24) is 35.7 Å². The summed E-state index contributed by atoms with van der Waals surface area (Å²) in [5.41, 5.74) is 4.03. The van der Waals surface area contributed by atoms with Gasteiger partial charge in [0.25, 0.3) is 5.91 Å². The van der Waals surface area contributed by atoms with Crippen LogP contribution in [-0.4, -0.2) is 124 Å². The van der Waals surface area contributed by atoms with Crippen LogP contribution < -0.4 is 25.6 Å². The highest BCUT2D eigenvalue weighted by Gasteiger charge is 2.64. The number of halogens is 1. The first-order valence-corrected chi connectivity index (χ1v) is 25.6. The van der Waals surface area contributed by atoms with Gasteiger partial charge in [-0.05, 0) is 67.5 Å². The molecule has 1 saturated carbocycles. The smallest absolute Gasteiger partial charge is 0.253 e. The molecule has 3 aliphatic heterocycles. The molecule has 4 aromatic rings. The first kappa shape index (κ1) is 51.7. The van der Waals surface area contributed by atoms with Gasteiger partial charge in [0.1, 0.15) is 49.2 Å². The van der Waals surface area contributed by atoms with Crippen LogP contribution in [0.3, 0.4) is 0 Å². The van der Waals surface area contributed by atoms with Gasteiger partial charge in [-0.3, -0.25) is 24.1 Å². The lowest BCUT2D eigenvalue weighted by Gasteiger charge is -2.63. The number of fused-ring (bicyclic) bond motifs is 2. The van der Waals surface area contributed by atoms with Crippen LogP contribution in [0, 0.1) is 34.5 Å². The molecule has 8 rings (SSSR count). The number of hydrogen-bond acceptors (Lipinski definition) is 13. The summed E-state index contributed by atoms with van der Waals surface area (Å²) in [4.78, 5) is 71.2. The number of thiazole rings is 1. The van der Waals surface area contributed by atoms with Gasteiger partial charge in [0.2, 0.25) is 17.7 Å². The SMILES string of the molecule is Cc1ncsc1-c1ccc([C@H](C)NC(=O)C2C[C@@H](O)CN2C(=O)[C@@H](NC(=O)COCN2C3CCC2CN(c2ccc(C(=O)N[C@H]4C(C)(C)[C@H](Oc5ccc(C#N)c(Cl)c5)C4(C)C)cn2)C3)C(C)(C)C)cc1. The fourth-order valence-electron chi connectivity index (χ4n) is 11.4. The topological polar surface area (TPSA) is 202 Å². The van der Waals surface area contributed by atoms with Crippen molar-refractivity contribution in [2.75, 3.05) is 37.9 Å². The van der Waals surface area contributed by atoms with E-state index in [0.717, 1.165) is 40.4 Å². The normalized spacial score (nSPS) is 24.3. The van der Waals surface area contributed by atoms with E-state index >= 15 is 0 Å². The predicted octanol–water partition coefficient (Wildman–Crippen LogP) is 6.65. The minimum atomic E-state index is -0.977. The summed E-state index contributed by atoms with van der Waals surface area (Å²) >= 11 is 7.84. The highest BCUT2D eigenvalue weighted by atomic mass is 35.5. The second-order valence-electron chi connectivity index (χ2n) is 21.9. The molecule has 0 radical (unpaired) electrons. The number of rotatable bonds is 15. The molecule has 3 saturated heterocycles. The van der Waals surface area contributed by atoms with E-state index in [4.69, 9.17) is 26.1 Å². The number of nitrogens with one attached hydrogen (secondary N) is 3. The fourth-order valence-corrected chi connectivity index (χ4v) is 12.4. The standard InChI is InChI=1S/C53H66ClN9O7S/c1-30(32-10-12-33(13-11-32)44-31(2)57-28-71-44)58-47(67)41-20-38(64)26-62(41)48(68)45(51(3,4)5)59-43(65)27-69-29-63-36-16-17-37(63)25-61(24-36)42-19-15-35(23-56-42)46(66)60-49-52(6,7)50(53(49,8)9)70-39-18-14-34(22-55)40(54)21-39/h10-15,18-19,21,23,28,30,36-38,41,45,49-50,64H,16-17,20,24-27,29H2,1-9H3,(H,58,67)(H,59,65)(H,60,66)/t30-,36?,37?,38+,41?,45+,49-,50-/m0/s1. The van der Waals surface area contributed by atoms with Crippen LogP contribution >= 0.6 is 22.9 Å². The number of carbonyl (C=O) groups is 4. The number of nitriles is 1. The molecule has 4 N–H and O–H groups in total. The van der Waals surface area contributed by atoms with Crippen molar-refractivity contribution in [3.63, 3.8) is 0 Å². The van der Waals surface area contributed by atoms with Gasteiger partial charge >= 0.3 is 0 Å². The number of benzene rings is 2. The van der Waals surface area contributed by atoms with E-state index < -0.39 is 46.2 Å². The maximum absolute atomic E-state index is 14.2. The van der Waals surface area contributed by atoms with E-state index in [0.29, 0.717) is 35.0 Å². The monoisotopic (exact) mass is 1010 g/mol. The molecule has 2 aromatic carbocycles. The van der Waals surface area contributed by atoms with Gasteiger partial charge in [0.15, 0.2) is 0 Å². The van der Waals surface area contributed by atoms with Gasteiger partial charge in [-0.15, -0.1) is 11.3 Å². The Morgan fingerprint density at radius 2 is 1.66 bits per heavy atom. The molecule has 2 bridgehead atoms. The Kier molecular flexibility index (Phi) is 14.9. The molecule has 4 amide bonds. The number of amides is 4. The number of aliphatic hydroxyl groups excluding tert-OH is 1. The second kappa shape index (κ2) is 20.5. The lowest BCUT2D eigenvalue weighted by molar-refractivity contribution is -0.164. The molecular formula is C53H66ClN9O7S. The zero-order valence-electron chi connectivity index (χ0n) is 42.0. The Morgan fingerprint density at radius 3 is 2.25 bits per heavy atom. The highest BCUT2D eigenvalue weighted by Crippen LogP contribution is 2.55. The number of hydrogen-bond donors (Lipinski definition) is 4. The largest absolute Gasteiger partial charge is 0.489 e. The third-order valence-corrected chi connectivity index (χ3v) is 16.2. The Labute approximate surface area is 425 Å². The van der Waals surface area contributed by atoms with Crippen molar-refractivity contribution in [3.8, 4) is 22.3 Å². The Bertz CT molecular complexity index is 2630. The number of β-amino-alcohol motifs (C(OH)–C–C–N with tert-alkyl or cyclic N) is 1. The highest BCUT2D eigenvalue weighted by molar-refractivity contribution is 7.13. The number of aromatic nitrogens is 2. The molecule has 2 aromatic heterocycles. The molecule has 4 fully saturated rings. The van der Waals surface area contributed by atoms with Gasteiger partial charge in [-0.2, -0.15) is 5.26 Å². The molecule has 378 valence electrons. The van der Waals surface area contributed by atoms with Crippen molar-refractivity contribution in [3.05, 3.63) is 93.7 Å². The van der Waals surface area contributed by atoms with Crippen LogP contribution in [0.2, 0.25) is 5.02 Å². The summed E-state index contributed by atoms with van der Waals surface area (Å²) in [5.74, 6) is -0.120. The van der Waals surface area contributed by atoms with E-state index in [1.807, 2.05) is 76.5 Å². The molecule has 4 aliphatic rings. The van der Waals surface area contributed by atoms with Crippen molar-refractivity contribution in [2.45, 2.75) is 130 Å². The van der Waals surface area contributed by atoms with Gasteiger partial charge in [-0.25, -0.2) is 9.97 Å². The third kappa shape index (κ3) is 10.8. The molecule has 16 nitrogen and oxygen atoms in total. The van der Waals surface area contributed by atoms with E-state index in [1.54, 1.807) is 35.7 Å². The van der Waals surface area contributed by atoms with Crippen LogP contribution in [0.4, 0.5) is 5.82 Å². The number of ether oxygens (including phenoxy) is 2. The summed E-state index contributed by atoms with van der Waals surface area (Å²) in [6.45, 7) is 19.0. The fraction of sp³-hybridized carbons (Fsp3) is 0.528. The average Bonchev–Trinajstić information content (AvgIpc) is 4.01.